The summed E-state index contributed by atoms with van der Waals surface area (Å²) >= 11 is 1.53. The van der Waals surface area contributed by atoms with Gasteiger partial charge in [0.2, 0.25) is 5.91 Å². The molecular weight excluding hydrogens is 466 g/mol. The van der Waals surface area contributed by atoms with E-state index in [0.29, 0.717) is 24.4 Å². The average molecular weight is 500 g/mol. The number of para-hydroxylation sites is 1. The summed E-state index contributed by atoms with van der Waals surface area (Å²) in [6, 6.07) is 18.2. The van der Waals surface area contributed by atoms with Crippen LogP contribution in [0.5, 0.6) is 0 Å². The second-order valence-electron chi connectivity index (χ2n) is 9.45. The molecule has 2 N–H and O–H groups in total. The molecule has 0 unspecified atom stereocenters. The fourth-order valence-corrected chi connectivity index (χ4v) is 5.60. The fraction of sp³-hybridized carbons (Fsp3) is 0.267. The van der Waals surface area contributed by atoms with Crippen molar-refractivity contribution in [1.82, 2.24) is 9.88 Å². The molecule has 4 aromatic rings. The molecule has 0 bridgehead atoms. The maximum absolute atomic E-state index is 12.8. The first-order valence-corrected chi connectivity index (χ1v) is 13.1. The number of nitrogens with one attached hydrogen (secondary N) is 2. The number of amides is 2. The fourth-order valence-electron chi connectivity index (χ4n) is 4.71. The number of hydrogen-bond donors (Lipinski definition) is 2. The van der Waals surface area contributed by atoms with Crippen LogP contribution in [0.25, 0.3) is 10.9 Å². The van der Waals surface area contributed by atoms with Gasteiger partial charge in [-0.1, -0.05) is 53.1 Å². The Bertz CT molecular complexity index is 1390. The molecule has 1 heterocycles. The lowest BCUT2D eigenvalue weighted by Crippen LogP contribution is -2.27. The molecule has 4 rings (SSSR count). The van der Waals surface area contributed by atoms with Gasteiger partial charge >= 0.3 is 0 Å². The maximum atomic E-state index is 12.8. The van der Waals surface area contributed by atoms with Crippen molar-refractivity contribution in [3.8, 4) is 0 Å². The molecule has 186 valence electrons. The molecule has 6 heteroatoms. The van der Waals surface area contributed by atoms with Crippen LogP contribution >= 0.6 is 11.8 Å². The van der Waals surface area contributed by atoms with Crippen LogP contribution in [-0.4, -0.2) is 28.7 Å². The van der Waals surface area contributed by atoms with E-state index in [1.807, 2.05) is 52.0 Å². The number of anilines is 1. The third-order valence-electron chi connectivity index (χ3n) is 6.17. The Kier molecular flexibility index (Phi) is 7.85. The lowest BCUT2D eigenvalue weighted by molar-refractivity contribution is -0.113. The van der Waals surface area contributed by atoms with E-state index in [9.17, 15) is 9.59 Å². The highest BCUT2D eigenvalue weighted by Crippen LogP contribution is 2.30. The van der Waals surface area contributed by atoms with Gasteiger partial charge in [-0.2, -0.15) is 0 Å². The van der Waals surface area contributed by atoms with Crippen LogP contribution in [0, 0.1) is 34.6 Å². The van der Waals surface area contributed by atoms with E-state index in [0.717, 1.165) is 43.7 Å². The summed E-state index contributed by atoms with van der Waals surface area (Å²) in [6.07, 6.45) is 2.08. The standard InChI is InChI=1S/C30H33N3O2S/c1-19-12-20(2)16-24(15-19)30(35)31-10-11-33-17-27(25-8-6-7-9-26(25)33)36-18-28(34)32-29-22(4)13-21(3)14-23(29)5/h6-9,12-17H,10-11,18H2,1-5H3,(H,31,35)(H,32,34). The maximum Gasteiger partial charge on any atom is 0.251 e. The number of rotatable bonds is 8. The van der Waals surface area contributed by atoms with Crippen LogP contribution in [0.1, 0.15) is 38.2 Å². The molecule has 1 aromatic heterocycles. The normalized spacial score (nSPS) is 11.0. The first-order chi connectivity index (χ1) is 17.2. The molecule has 0 aliphatic rings. The van der Waals surface area contributed by atoms with Crippen molar-refractivity contribution in [2.45, 2.75) is 46.1 Å². The Labute approximate surface area is 217 Å². The highest BCUT2D eigenvalue weighted by molar-refractivity contribution is 8.00. The van der Waals surface area contributed by atoms with Crippen LogP contribution in [-0.2, 0) is 11.3 Å². The summed E-state index contributed by atoms with van der Waals surface area (Å²) in [7, 11) is 0. The minimum absolute atomic E-state index is 0.0207. The lowest BCUT2D eigenvalue weighted by atomic mass is 10.1. The number of aromatic nitrogens is 1. The zero-order valence-electron chi connectivity index (χ0n) is 21.6. The largest absolute Gasteiger partial charge is 0.350 e. The molecule has 2 amide bonds. The second-order valence-corrected chi connectivity index (χ2v) is 10.5. The van der Waals surface area contributed by atoms with Gasteiger partial charge in [0, 0.05) is 46.3 Å². The summed E-state index contributed by atoms with van der Waals surface area (Å²) < 4.78 is 2.14. The smallest absolute Gasteiger partial charge is 0.251 e. The zero-order valence-corrected chi connectivity index (χ0v) is 22.4. The molecule has 0 saturated carbocycles. The Morgan fingerprint density at radius 3 is 2.19 bits per heavy atom. The number of carbonyl (C=O) groups is 2. The molecule has 0 atom stereocenters. The van der Waals surface area contributed by atoms with Gasteiger partial charge in [-0.15, -0.1) is 11.8 Å². The van der Waals surface area contributed by atoms with Gasteiger partial charge in [0.1, 0.15) is 0 Å². The molecule has 0 aliphatic carbocycles. The molecule has 36 heavy (non-hydrogen) atoms. The number of benzene rings is 3. The first-order valence-electron chi connectivity index (χ1n) is 12.2. The van der Waals surface area contributed by atoms with Crippen molar-refractivity contribution >= 4 is 40.2 Å². The van der Waals surface area contributed by atoms with Crippen molar-refractivity contribution in [1.29, 1.82) is 0 Å². The number of nitrogens with zero attached hydrogens (tertiary/aromatic N) is 1. The van der Waals surface area contributed by atoms with E-state index in [1.165, 1.54) is 17.3 Å². The van der Waals surface area contributed by atoms with E-state index >= 15 is 0 Å². The van der Waals surface area contributed by atoms with Gasteiger partial charge in [-0.05, 0) is 63.9 Å². The molecule has 0 radical (unpaired) electrons. The van der Waals surface area contributed by atoms with Crippen LogP contribution in [0.2, 0.25) is 0 Å². The minimum Gasteiger partial charge on any atom is -0.350 e. The minimum atomic E-state index is -0.0637. The Balaban J connectivity index is 1.41. The Morgan fingerprint density at radius 2 is 1.50 bits per heavy atom. The summed E-state index contributed by atoms with van der Waals surface area (Å²) in [4.78, 5) is 26.4. The highest BCUT2D eigenvalue weighted by Gasteiger charge is 2.13. The predicted octanol–water partition coefficient (Wildman–Crippen LogP) is 6.34. The SMILES string of the molecule is Cc1cc(C)cc(C(=O)NCCn2cc(SCC(=O)Nc3c(C)cc(C)cc3C)c3ccccc32)c1. The molecule has 0 saturated heterocycles. The molecule has 0 spiro atoms. The van der Waals surface area contributed by atoms with Crippen molar-refractivity contribution in [2.24, 2.45) is 0 Å². The van der Waals surface area contributed by atoms with Crippen LogP contribution in [0.3, 0.4) is 0 Å². The number of thioether (sulfide) groups is 1. The van der Waals surface area contributed by atoms with E-state index in [4.69, 9.17) is 0 Å². The van der Waals surface area contributed by atoms with Gasteiger partial charge in [0.05, 0.1) is 5.75 Å². The Hall–Kier alpha value is -3.51. The van der Waals surface area contributed by atoms with Crippen LogP contribution in [0.4, 0.5) is 5.69 Å². The van der Waals surface area contributed by atoms with Crippen molar-refractivity contribution in [2.75, 3.05) is 17.6 Å². The van der Waals surface area contributed by atoms with Gasteiger partial charge in [-0.3, -0.25) is 9.59 Å². The van der Waals surface area contributed by atoms with E-state index < -0.39 is 0 Å². The highest BCUT2D eigenvalue weighted by atomic mass is 32.2. The van der Waals surface area contributed by atoms with Gasteiger partial charge in [-0.25, -0.2) is 0 Å². The molecule has 5 nitrogen and oxygen atoms in total. The van der Waals surface area contributed by atoms with Crippen LogP contribution < -0.4 is 10.6 Å². The number of hydrogen-bond acceptors (Lipinski definition) is 3. The lowest BCUT2D eigenvalue weighted by Gasteiger charge is -2.12. The number of carbonyl (C=O) groups excluding carboxylic acids is 2. The monoisotopic (exact) mass is 499 g/mol. The summed E-state index contributed by atoms with van der Waals surface area (Å²) in [6.45, 7) is 11.3. The quantitative estimate of drug-likeness (QED) is 0.278. The topological polar surface area (TPSA) is 63.1 Å². The van der Waals surface area contributed by atoms with E-state index in [-0.39, 0.29) is 11.8 Å². The van der Waals surface area contributed by atoms with Gasteiger partial charge < -0.3 is 15.2 Å². The predicted molar refractivity (Wildman–Crippen MR) is 150 cm³/mol. The summed E-state index contributed by atoms with van der Waals surface area (Å²) in [5.74, 6) is 0.239. The van der Waals surface area contributed by atoms with E-state index in [1.54, 1.807) is 0 Å². The third kappa shape index (κ3) is 6.00. The molecule has 0 aliphatic heterocycles. The first kappa shape index (κ1) is 25.6. The third-order valence-corrected chi connectivity index (χ3v) is 7.22. The molecule has 0 fully saturated rings. The van der Waals surface area contributed by atoms with Gasteiger partial charge in [0.25, 0.3) is 5.91 Å². The van der Waals surface area contributed by atoms with Crippen molar-refractivity contribution in [3.63, 3.8) is 0 Å². The average Bonchev–Trinajstić information content (AvgIpc) is 3.17. The zero-order chi connectivity index (χ0) is 25.8. The van der Waals surface area contributed by atoms with Crippen molar-refractivity contribution < 1.29 is 9.59 Å². The Morgan fingerprint density at radius 1 is 0.861 bits per heavy atom. The summed E-state index contributed by atoms with van der Waals surface area (Å²) in [5.41, 5.74) is 8.17. The van der Waals surface area contributed by atoms with Gasteiger partial charge in [0.15, 0.2) is 0 Å². The molecular formula is C30H33N3O2S. The number of aryl methyl sites for hydroxylation is 5. The second kappa shape index (κ2) is 11.0. The van der Waals surface area contributed by atoms with Crippen LogP contribution in [0.15, 0.2) is 65.7 Å². The van der Waals surface area contributed by atoms with Crippen molar-refractivity contribution in [3.05, 3.63) is 94.2 Å². The number of fused-ring (bicyclic) bond motifs is 1. The summed E-state index contributed by atoms with van der Waals surface area (Å²) in [5, 5.41) is 7.23. The molecule has 3 aromatic carbocycles. The van der Waals surface area contributed by atoms with E-state index in [2.05, 4.69) is 58.7 Å².